The lowest BCUT2D eigenvalue weighted by atomic mass is 10.2. The fourth-order valence-corrected chi connectivity index (χ4v) is 0.954. The molecule has 11 heavy (non-hydrogen) atoms. The molecule has 1 aliphatic heterocycles. The number of allylic oxidation sites excluding steroid dienone is 2. The average molecular weight is 151 g/mol. The number of carbonyl (C=O) groups is 1. The standard InChI is InChI=1S/C9H13NO/c1-3-8-5-4-7(2)9(11)10-6-8/h4-5H,3,6H2,1-2H3,(H,10,11). The van der Waals surface area contributed by atoms with Crippen molar-refractivity contribution in [2.45, 2.75) is 20.3 Å². The van der Waals surface area contributed by atoms with Gasteiger partial charge in [-0.25, -0.2) is 0 Å². The van der Waals surface area contributed by atoms with Crippen molar-refractivity contribution in [2.24, 2.45) is 0 Å². The second-order valence-corrected chi connectivity index (χ2v) is 2.71. The predicted molar refractivity (Wildman–Crippen MR) is 45.1 cm³/mol. The van der Waals surface area contributed by atoms with Crippen LogP contribution in [0.2, 0.25) is 0 Å². The molecule has 1 N–H and O–H groups in total. The third-order valence-electron chi connectivity index (χ3n) is 1.86. The van der Waals surface area contributed by atoms with Gasteiger partial charge in [0.1, 0.15) is 0 Å². The molecule has 0 aliphatic carbocycles. The average Bonchev–Trinajstić information content (AvgIpc) is 2.16. The summed E-state index contributed by atoms with van der Waals surface area (Å²) in [6.07, 6.45) is 4.90. The zero-order valence-corrected chi connectivity index (χ0v) is 6.98. The summed E-state index contributed by atoms with van der Waals surface area (Å²) in [4.78, 5) is 11.1. The van der Waals surface area contributed by atoms with Crippen molar-refractivity contribution in [1.29, 1.82) is 0 Å². The number of rotatable bonds is 1. The van der Waals surface area contributed by atoms with Crippen molar-refractivity contribution in [2.75, 3.05) is 6.54 Å². The maximum absolute atomic E-state index is 11.1. The van der Waals surface area contributed by atoms with Crippen molar-refractivity contribution in [1.82, 2.24) is 5.32 Å². The largest absolute Gasteiger partial charge is 0.349 e. The van der Waals surface area contributed by atoms with Crippen LogP contribution in [0.25, 0.3) is 0 Å². The third kappa shape index (κ3) is 1.93. The first kappa shape index (κ1) is 8.05. The van der Waals surface area contributed by atoms with Gasteiger partial charge in [0.05, 0.1) is 0 Å². The molecule has 0 aromatic rings. The van der Waals surface area contributed by atoms with E-state index >= 15 is 0 Å². The van der Waals surface area contributed by atoms with Crippen LogP contribution in [0, 0.1) is 0 Å². The van der Waals surface area contributed by atoms with Gasteiger partial charge in [-0.3, -0.25) is 4.79 Å². The van der Waals surface area contributed by atoms with E-state index in [1.165, 1.54) is 5.57 Å². The van der Waals surface area contributed by atoms with Crippen LogP contribution in [-0.2, 0) is 4.79 Å². The number of amides is 1. The summed E-state index contributed by atoms with van der Waals surface area (Å²) in [7, 11) is 0. The van der Waals surface area contributed by atoms with E-state index in [1.54, 1.807) is 0 Å². The molecule has 0 fully saturated rings. The zero-order chi connectivity index (χ0) is 8.27. The Morgan fingerprint density at radius 1 is 1.55 bits per heavy atom. The lowest BCUT2D eigenvalue weighted by Crippen LogP contribution is -2.24. The third-order valence-corrected chi connectivity index (χ3v) is 1.86. The van der Waals surface area contributed by atoms with Crippen LogP contribution in [0.3, 0.4) is 0 Å². The van der Waals surface area contributed by atoms with Crippen LogP contribution in [0.4, 0.5) is 0 Å². The molecular formula is C9H13NO. The molecule has 60 valence electrons. The van der Waals surface area contributed by atoms with E-state index in [2.05, 4.69) is 12.2 Å². The molecule has 1 amide bonds. The van der Waals surface area contributed by atoms with Crippen molar-refractivity contribution in [3.8, 4) is 0 Å². The highest BCUT2D eigenvalue weighted by molar-refractivity contribution is 5.93. The van der Waals surface area contributed by atoms with Gasteiger partial charge < -0.3 is 5.32 Å². The SMILES string of the molecule is CCC1=CC=C(C)C(=O)NC1. The highest BCUT2D eigenvalue weighted by Crippen LogP contribution is 2.05. The minimum absolute atomic E-state index is 0.0460. The van der Waals surface area contributed by atoms with Gasteiger partial charge in [-0.05, 0) is 13.3 Å². The van der Waals surface area contributed by atoms with Crippen LogP contribution in [-0.4, -0.2) is 12.5 Å². The molecule has 2 heteroatoms. The molecule has 0 spiro atoms. The molecule has 1 heterocycles. The maximum atomic E-state index is 11.1. The summed E-state index contributed by atoms with van der Waals surface area (Å²) in [5, 5.41) is 2.82. The van der Waals surface area contributed by atoms with Crippen LogP contribution in [0.15, 0.2) is 23.3 Å². The quantitative estimate of drug-likeness (QED) is 0.603. The summed E-state index contributed by atoms with van der Waals surface area (Å²) in [6.45, 7) is 4.61. The van der Waals surface area contributed by atoms with Gasteiger partial charge in [-0.2, -0.15) is 0 Å². The first-order valence-corrected chi connectivity index (χ1v) is 3.88. The summed E-state index contributed by atoms with van der Waals surface area (Å²) >= 11 is 0. The van der Waals surface area contributed by atoms with Crippen LogP contribution >= 0.6 is 0 Å². The molecule has 0 atom stereocenters. The Morgan fingerprint density at radius 3 is 2.91 bits per heavy atom. The first-order valence-electron chi connectivity index (χ1n) is 3.88. The summed E-state index contributed by atoms with van der Waals surface area (Å²) in [5.74, 6) is 0.0460. The summed E-state index contributed by atoms with van der Waals surface area (Å²) in [6, 6.07) is 0. The topological polar surface area (TPSA) is 29.1 Å². The van der Waals surface area contributed by atoms with E-state index in [-0.39, 0.29) is 5.91 Å². The van der Waals surface area contributed by atoms with Gasteiger partial charge >= 0.3 is 0 Å². The van der Waals surface area contributed by atoms with E-state index in [9.17, 15) is 4.79 Å². The molecule has 0 saturated heterocycles. The molecule has 0 aromatic heterocycles. The van der Waals surface area contributed by atoms with E-state index in [0.29, 0.717) is 6.54 Å². The Balaban J connectivity index is 2.75. The van der Waals surface area contributed by atoms with Crippen LogP contribution in [0.1, 0.15) is 20.3 Å². The Hall–Kier alpha value is -1.05. The second kappa shape index (κ2) is 3.37. The lowest BCUT2D eigenvalue weighted by molar-refractivity contribution is -0.117. The Bertz CT molecular complexity index is 226. The monoisotopic (exact) mass is 151 g/mol. The Morgan fingerprint density at radius 2 is 2.27 bits per heavy atom. The molecule has 1 rings (SSSR count). The van der Waals surface area contributed by atoms with Crippen LogP contribution in [0.5, 0.6) is 0 Å². The highest BCUT2D eigenvalue weighted by Gasteiger charge is 2.06. The number of hydrogen-bond acceptors (Lipinski definition) is 1. The molecule has 0 bridgehead atoms. The van der Waals surface area contributed by atoms with Crippen molar-refractivity contribution in [3.05, 3.63) is 23.3 Å². The van der Waals surface area contributed by atoms with Gasteiger partial charge in [0.2, 0.25) is 5.91 Å². The fourth-order valence-electron chi connectivity index (χ4n) is 0.954. The molecule has 1 aliphatic rings. The molecule has 0 aromatic carbocycles. The lowest BCUT2D eigenvalue weighted by Gasteiger charge is -2.02. The van der Waals surface area contributed by atoms with Crippen molar-refractivity contribution >= 4 is 5.91 Å². The molecule has 0 saturated carbocycles. The van der Waals surface area contributed by atoms with Crippen molar-refractivity contribution in [3.63, 3.8) is 0 Å². The van der Waals surface area contributed by atoms with Gasteiger partial charge in [0.25, 0.3) is 0 Å². The number of hydrogen-bond donors (Lipinski definition) is 1. The summed E-state index contributed by atoms with van der Waals surface area (Å²) < 4.78 is 0. The molecule has 0 unspecified atom stereocenters. The molecule has 2 nitrogen and oxygen atoms in total. The van der Waals surface area contributed by atoms with E-state index < -0.39 is 0 Å². The van der Waals surface area contributed by atoms with Gasteiger partial charge in [-0.1, -0.05) is 24.6 Å². The number of nitrogens with one attached hydrogen (secondary N) is 1. The van der Waals surface area contributed by atoms with E-state index in [1.807, 2.05) is 19.1 Å². The Kier molecular flexibility index (Phi) is 2.47. The van der Waals surface area contributed by atoms with E-state index in [4.69, 9.17) is 0 Å². The first-order chi connectivity index (χ1) is 5.24. The highest BCUT2D eigenvalue weighted by atomic mass is 16.1. The normalized spacial score (nSPS) is 18.2. The predicted octanol–water partition coefficient (Wildman–Crippen LogP) is 1.40. The fraction of sp³-hybridized carbons (Fsp3) is 0.444. The Labute approximate surface area is 67.0 Å². The van der Waals surface area contributed by atoms with Gasteiger partial charge in [-0.15, -0.1) is 0 Å². The van der Waals surface area contributed by atoms with Crippen molar-refractivity contribution < 1.29 is 4.79 Å². The minimum Gasteiger partial charge on any atom is -0.349 e. The van der Waals surface area contributed by atoms with Gasteiger partial charge in [0.15, 0.2) is 0 Å². The summed E-state index contributed by atoms with van der Waals surface area (Å²) in [5.41, 5.74) is 2.06. The molecule has 0 radical (unpaired) electrons. The zero-order valence-electron chi connectivity index (χ0n) is 6.98. The smallest absolute Gasteiger partial charge is 0.247 e. The second-order valence-electron chi connectivity index (χ2n) is 2.71. The van der Waals surface area contributed by atoms with Gasteiger partial charge in [0, 0.05) is 12.1 Å². The number of carbonyl (C=O) groups excluding carboxylic acids is 1. The van der Waals surface area contributed by atoms with E-state index in [0.717, 1.165) is 12.0 Å². The molecular weight excluding hydrogens is 138 g/mol. The van der Waals surface area contributed by atoms with Crippen LogP contribution < -0.4 is 5.32 Å². The minimum atomic E-state index is 0.0460. The maximum Gasteiger partial charge on any atom is 0.247 e.